The van der Waals surface area contributed by atoms with Crippen LogP contribution in [0.1, 0.15) is 81.6 Å². The van der Waals surface area contributed by atoms with E-state index in [1.807, 2.05) is 48.6 Å². The Hall–Kier alpha value is -2.98. The molecule has 2 aliphatic carbocycles. The molecule has 3 heteroatoms. The van der Waals surface area contributed by atoms with Crippen molar-refractivity contribution in [2.45, 2.75) is 93.8 Å². The van der Waals surface area contributed by atoms with Crippen LogP contribution in [0.25, 0.3) is 0 Å². The maximum atomic E-state index is 10.1. The highest BCUT2D eigenvalue weighted by Crippen LogP contribution is 2.42. The lowest BCUT2D eigenvalue weighted by Crippen LogP contribution is -2.32. The Morgan fingerprint density at radius 2 is 1.37 bits per heavy atom. The Kier molecular flexibility index (Phi) is 14.1. The van der Waals surface area contributed by atoms with Crippen molar-refractivity contribution >= 4 is 0 Å². The third-order valence-corrected chi connectivity index (χ3v) is 8.41. The van der Waals surface area contributed by atoms with Crippen LogP contribution in [0.2, 0.25) is 0 Å². The van der Waals surface area contributed by atoms with Crippen molar-refractivity contribution in [3.05, 3.63) is 130 Å². The summed E-state index contributed by atoms with van der Waals surface area (Å²) < 4.78 is 0. The van der Waals surface area contributed by atoms with Gasteiger partial charge in [0.1, 0.15) is 0 Å². The maximum absolute atomic E-state index is 10.1. The third-order valence-electron chi connectivity index (χ3n) is 8.41. The second-order valence-corrected chi connectivity index (χ2v) is 13.7. The molecule has 0 saturated heterocycles. The van der Waals surface area contributed by atoms with Gasteiger partial charge in [-0.1, -0.05) is 147 Å². The number of rotatable bonds is 11. The van der Waals surface area contributed by atoms with Crippen LogP contribution < -0.4 is 0 Å². The molecule has 3 unspecified atom stereocenters. The maximum Gasteiger partial charge on any atom is 0.0729 e. The molecule has 0 amide bonds. The molecule has 0 aromatic carbocycles. The zero-order valence-corrected chi connectivity index (χ0v) is 28.1. The van der Waals surface area contributed by atoms with Gasteiger partial charge in [0.2, 0.25) is 0 Å². The fourth-order valence-corrected chi connectivity index (χ4v) is 6.19. The summed E-state index contributed by atoms with van der Waals surface area (Å²) in [6.45, 7) is 19.3. The van der Waals surface area contributed by atoms with Crippen molar-refractivity contribution in [3.63, 3.8) is 0 Å². The summed E-state index contributed by atoms with van der Waals surface area (Å²) in [5, 5.41) is 29.9. The summed E-state index contributed by atoms with van der Waals surface area (Å²) in [4.78, 5) is 0. The van der Waals surface area contributed by atoms with E-state index in [0.717, 1.165) is 36.0 Å². The van der Waals surface area contributed by atoms with Gasteiger partial charge in [-0.15, -0.1) is 0 Å². The number of aliphatic hydroxyl groups excluding tert-OH is 3. The van der Waals surface area contributed by atoms with Gasteiger partial charge in [0.25, 0.3) is 0 Å². The van der Waals surface area contributed by atoms with E-state index >= 15 is 0 Å². The number of hydrogen-bond donors (Lipinski definition) is 3. The van der Waals surface area contributed by atoms with Gasteiger partial charge in [0.05, 0.1) is 18.8 Å². The molecule has 2 rings (SSSR count). The molecule has 3 nitrogen and oxygen atoms in total. The molecule has 234 valence electrons. The summed E-state index contributed by atoms with van der Waals surface area (Å²) in [7, 11) is 0. The van der Waals surface area contributed by atoms with E-state index in [9.17, 15) is 15.3 Å². The molecular weight excluding hydrogens is 528 g/mol. The van der Waals surface area contributed by atoms with Crippen LogP contribution >= 0.6 is 0 Å². The lowest BCUT2D eigenvalue weighted by molar-refractivity contribution is 0.116. The number of hydrogen-bond acceptors (Lipinski definition) is 3. The molecule has 0 saturated carbocycles. The van der Waals surface area contributed by atoms with E-state index in [2.05, 4.69) is 105 Å². The van der Waals surface area contributed by atoms with Gasteiger partial charge in [-0.3, -0.25) is 0 Å². The van der Waals surface area contributed by atoms with Gasteiger partial charge < -0.3 is 15.3 Å². The van der Waals surface area contributed by atoms with E-state index in [4.69, 9.17) is 0 Å². The fourth-order valence-electron chi connectivity index (χ4n) is 6.19. The minimum absolute atomic E-state index is 0.0275. The van der Waals surface area contributed by atoms with Crippen LogP contribution in [0.3, 0.4) is 0 Å². The lowest BCUT2D eigenvalue weighted by Gasteiger charge is -2.38. The van der Waals surface area contributed by atoms with Gasteiger partial charge in [0, 0.05) is 5.92 Å². The van der Waals surface area contributed by atoms with Gasteiger partial charge in [0.15, 0.2) is 0 Å². The predicted octanol–water partition coefficient (Wildman–Crippen LogP) is 9.38. The monoisotopic (exact) mass is 584 g/mol. The summed E-state index contributed by atoms with van der Waals surface area (Å²) in [5.74, 6) is 0.330. The Bertz CT molecular complexity index is 1290. The molecule has 0 radical (unpaired) electrons. The topological polar surface area (TPSA) is 60.7 Å². The SMILES string of the molecule is CC1=CC(O)CC(C)(C)C1/C=C/C(C)=C/C=C/C(C)=C/C=C/C=C(/C=C/C=C(C)/C=C/C1=C(C)CC(O)CC1(C)C)CO. The van der Waals surface area contributed by atoms with E-state index in [-0.39, 0.29) is 29.6 Å². The molecule has 0 aromatic rings. The Morgan fingerprint density at radius 3 is 2.00 bits per heavy atom. The van der Waals surface area contributed by atoms with Crippen molar-refractivity contribution in [3.8, 4) is 0 Å². The largest absolute Gasteiger partial charge is 0.393 e. The van der Waals surface area contributed by atoms with Crippen LogP contribution in [-0.2, 0) is 0 Å². The summed E-state index contributed by atoms with van der Waals surface area (Å²) in [5.41, 5.74) is 8.08. The molecule has 0 bridgehead atoms. The molecule has 0 spiro atoms. The van der Waals surface area contributed by atoms with Crippen molar-refractivity contribution < 1.29 is 15.3 Å². The number of aliphatic hydroxyl groups is 3. The summed E-state index contributed by atoms with van der Waals surface area (Å²) in [6.07, 6.45) is 32.5. The first-order chi connectivity index (χ1) is 20.1. The van der Waals surface area contributed by atoms with Crippen LogP contribution in [0, 0.1) is 16.7 Å². The van der Waals surface area contributed by atoms with E-state index in [1.165, 1.54) is 22.3 Å². The third kappa shape index (κ3) is 12.3. The van der Waals surface area contributed by atoms with Gasteiger partial charge in [-0.2, -0.15) is 0 Å². The highest BCUT2D eigenvalue weighted by molar-refractivity contribution is 5.38. The second-order valence-electron chi connectivity index (χ2n) is 13.7. The molecular formula is C40H56O3. The average Bonchev–Trinajstić information content (AvgIpc) is 2.87. The van der Waals surface area contributed by atoms with Crippen molar-refractivity contribution in [1.82, 2.24) is 0 Å². The highest BCUT2D eigenvalue weighted by atomic mass is 16.3. The molecule has 0 aliphatic heterocycles. The molecule has 43 heavy (non-hydrogen) atoms. The minimum atomic E-state index is -0.343. The van der Waals surface area contributed by atoms with Crippen LogP contribution in [-0.4, -0.2) is 34.1 Å². The molecule has 3 N–H and O–H groups in total. The Labute approximate surface area is 262 Å². The zero-order valence-electron chi connectivity index (χ0n) is 28.1. The average molecular weight is 585 g/mol. The Morgan fingerprint density at radius 1 is 0.791 bits per heavy atom. The summed E-state index contributed by atoms with van der Waals surface area (Å²) in [6, 6.07) is 0. The number of allylic oxidation sites excluding steroid dienone is 18. The zero-order chi connectivity index (χ0) is 32.2. The van der Waals surface area contributed by atoms with Crippen molar-refractivity contribution in [2.24, 2.45) is 16.7 Å². The quantitative estimate of drug-likeness (QED) is 0.167. The fraction of sp³-hybridized carbons (Fsp3) is 0.450. The van der Waals surface area contributed by atoms with Crippen LogP contribution in [0.15, 0.2) is 130 Å². The second kappa shape index (κ2) is 16.8. The molecule has 0 fully saturated rings. The molecule has 0 aromatic heterocycles. The molecule has 0 heterocycles. The van der Waals surface area contributed by atoms with Crippen LogP contribution in [0.5, 0.6) is 0 Å². The first-order valence-corrected chi connectivity index (χ1v) is 15.6. The van der Waals surface area contributed by atoms with Crippen molar-refractivity contribution in [1.29, 1.82) is 0 Å². The predicted molar refractivity (Wildman–Crippen MR) is 186 cm³/mol. The Balaban J connectivity index is 1.94. The minimum Gasteiger partial charge on any atom is -0.393 e. The smallest absolute Gasteiger partial charge is 0.0729 e. The first kappa shape index (κ1) is 36.2. The van der Waals surface area contributed by atoms with E-state index in [0.29, 0.717) is 5.92 Å². The molecule has 2 aliphatic rings. The molecule has 3 atom stereocenters. The van der Waals surface area contributed by atoms with E-state index < -0.39 is 0 Å². The van der Waals surface area contributed by atoms with Crippen LogP contribution in [0.4, 0.5) is 0 Å². The lowest BCUT2D eigenvalue weighted by atomic mass is 9.67. The van der Waals surface area contributed by atoms with Gasteiger partial charge in [-0.05, 0) is 75.9 Å². The normalized spacial score (nSPS) is 26.2. The standard InChI is InChI=1S/C40H56O3/c1-29(15-12-16-30(2)20-22-37-32(4)24-35(42)26-39(37,6)7)14-10-11-18-34(28-41)19-13-17-31(3)21-23-38-33(5)25-36(43)27-40(38,8)9/h10-24,35-37,41-43H,25-28H2,1-9H3/b11-10+,15-12+,19-13+,22-20+,23-21+,29-14+,30-16+,31-17+,34-18-. The summed E-state index contributed by atoms with van der Waals surface area (Å²) >= 11 is 0. The first-order valence-electron chi connectivity index (χ1n) is 15.6. The van der Waals surface area contributed by atoms with Gasteiger partial charge >= 0.3 is 0 Å². The highest BCUT2D eigenvalue weighted by Gasteiger charge is 2.34. The van der Waals surface area contributed by atoms with Crippen molar-refractivity contribution in [2.75, 3.05) is 6.61 Å². The van der Waals surface area contributed by atoms with E-state index in [1.54, 1.807) is 0 Å². The van der Waals surface area contributed by atoms with Gasteiger partial charge in [-0.25, -0.2) is 0 Å².